The van der Waals surface area contributed by atoms with Crippen molar-refractivity contribution in [3.05, 3.63) is 51.3 Å². The predicted octanol–water partition coefficient (Wildman–Crippen LogP) is 3.60. The highest BCUT2D eigenvalue weighted by Gasteiger charge is 2.27. The fourth-order valence-corrected chi connectivity index (χ4v) is 4.58. The van der Waals surface area contributed by atoms with Crippen molar-refractivity contribution in [2.75, 3.05) is 18.8 Å². The largest absolute Gasteiger partial charge is 0.390 e. The first-order valence-corrected chi connectivity index (χ1v) is 10.5. The molecule has 6 nitrogen and oxygen atoms in total. The topological polar surface area (TPSA) is 81.2 Å². The minimum Gasteiger partial charge on any atom is -0.390 e. The second kappa shape index (κ2) is 7.39. The van der Waals surface area contributed by atoms with Gasteiger partial charge in [-0.2, -0.15) is 9.78 Å². The van der Waals surface area contributed by atoms with E-state index in [0.717, 1.165) is 37.9 Å². The van der Waals surface area contributed by atoms with Gasteiger partial charge in [0.1, 0.15) is 0 Å². The number of nitrogen functional groups attached to an aromatic ring is 1. The van der Waals surface area contributed by atoms with E-state index in [4.69, 9.17) is 5.73 Å². The summed E-state index contributed by atoms with van der Waals surface area (Å²) in [6.07, 6.45) is 3.16. The number of aryl methyl sites for hydroxylation is 1. The van der Waals surface area contributed by atoms with E-state index in [-0.39, 0.29) is 11.5 Å². The van der Waals surface area contributed by atoms with Crippen LogP contribution in [0, 0.1) is 12.8 Å². The SMILES string of the molecule is CCC1CCN(C(=O)c2nn(-c3ccc(C)cc3)c(=O)c3c(N)scc23)CC1. The van der Waals surface area contributed by atoms with Crippen molar-refractivity contribution in [3.8, 4) is 5.69 Å². The number of rotatable bonds is 3. The summed E-state index contributed by atoms with van der Waals surface area (Å²) in [5.41, 5.74) is 7.81. The summed E-state index contributed by atoms with van der Waals surface area (Å²) in [5.74, 6) is 0.550. The van der Waals surface area contributed by atoms with Crippen LogP contribution in [0.5, 0.6) is 0 Å². The molecule has 2 N–H and O–H groups in total. The molecule has 1 aliphatic rings. The van der Waals surface area contributed by atoms with Crippen LogP contribution < -0.4 is 11.3 Å². The Balaban J connectivity index is 1.82. The molecule has 0 spiro atoms. The molecule has 0 unspecified atom stereocenters. The molecule has 28 heavy (non-hydrogen) atoms. The Hall–Kier alpha value is -2.67. The highest BCUT2D eigenvalue weighted by molar-refractivity contribution is 7.15. The summed E-state index contributed by atoms with van der Waals surface area (Å²) in [4.78, 5) is 28.2. The van der Waals surface area contributed by atoms with Gasteiger partial charge in [-0.1, -0.05) is 31.0 Å². The van der Waals surface area contributed by atoms with E-state index in [2.05, 4.69) is 12.0 Å². The van der Waals surface area contributed by atoms with Crippen molar-refractivity contribution in [1.82, 2.24) is 14.7 Å². The number of nitrogens with zero attached hydrogens (tertiary/aromatic N) is 3. The molecule has 3 aromatic rings. The number of likely N-dealkylation sites (tertiary alicyclic amines) is 1. The van der Waals surface area contributed by atoms with Crippen LogP contribution in [0.25, 0.3) is 16.5 Å². The van der Waals surface area contributed by atoms with Crippen molar-refractivity contribution < 1.29 is 4.79 Å². The van der Waals surface area contributed by atoms with Gasteiger partial charge in [0.15, 0.2) is 5.69 Å². The van der Waals surface area contributed by atoms with Gasteiger partial charge in [0, 0.05) is 23.9 Å². The van der Waals surface area contributed by atoms with Crippen molar-refractivity contribution in [3.63, 3.8) is 0 Å². The Bertz CT molecular complexity index is 1080. The number of carbonyl (C=O) groups excluding carboxylic acids is 1. The van der Waals surface area contributed by atoms with Gasteiger partial charge >= 0.3 is 0 Å². The number of fused-ring (bicyclic) bond motifs is 1. The maximum Gasteiger partial charge on any atom is 0.282 e. The summed E-state index contributed by atoms with van der Waals surface area (Å²) in [6, 6.07) is 7.50. The number of aromatic nitrogens is 2. The standard InChI is InChI=1S/C21H24N4O2S/c1-3-14-8-10-24(11-9-14)21(27)18-16-12-28-19(22)17(16)20(26)25(23-18)15-6-4-13(2)5-7-15/h4-7,12,14H,3,8-11,22H2,1-2H3. The zero-order chi connectivity index (χ0) is 19.8. The summed E-state index contributed by atoms with van der Waals surface area (Å²) in [5, 5.41) is 7.61. The minimum absolute atomic E-state index is 0.127. The van der Waals surface area contributed by atoms with Crippen LogP contribution in [-0.4, -0.2) is 33.7 Å². The molecule has 3 heterocycles. The summed E-state index contributed by atoms with van der Waals surface area (Å²) in [6.45, 7) is 5.63. The fraction of sp³-hybridized carbons (Fsp3) is 0.381. The normalized spacial score (nSPS) is 15.3. The predicted molar refractivity (Wildman–Crippen MR) is 113 cm³/mol. The lowest BCUT2D eigenvalue weighted by Gasteiger charge is -2.31. The first-order chi connectivity index (χ1) is 13.5. The van der Waals surface area contributed by atoms with Crippen LogP contribution in [0.4, 0.5) is 5.00 Å². The summed E-state index contributed by atoms with van der Waals surface area (Å²) < 4.78 is 1.30. The average Bonchev–Trinajstić information content (AvgIpc) is 3.11. The summed E-state index contributed by atoms with van der Waals surface area (Å²) in [7, 11) is 0. The lowest BCUT2D eigenvalue weighted by Crippen LogP contribution is -2.39. The van der Waals surface area contributed by atoms with Gasteiger partial charge in [0.05, 0.1) is 16.1 Å². The zero-order valence-corrected chi connectivity index (χ0v) is 17.0. The van der Waals surface area contributed by atoms with Gasteiger partial charge in [-0.15, -0.1) is 11.3 Å². The van der Waals surface area contributed by atoms with Gasteiger partial charge in [-0.05, 0) is 37.8 Å². The number of nitrogens with two attached hydrogens (primary N) is 1. The minimum atomic E-state index is -0.293. The molecule has 1 fully saturated rings. The number of carbonyl (C=O) groups is 1. The molecule has 7 heteroatoms. The Morgan fingerprint density at radius 2 is 1.93 bits per heavy atom. The van der Waals surface area contributed by atoms with Gasteiger partial charge in [-0.25, -0.2) is 0 Å². The number of piperidine rings is 1. The van der Waals surface area contributed by atoms with Crippen molar-refractivity contribution >= 4 is 33.0 Å². The fourth-order valence-electron chi connectivity index (χ4n) is 3.79. The molecule has 146 valence electrons. The zero-order valence-electron chi connectivity index (χ0n) is 16.1. The molecule has 1 saturated heterocycles. The molecule has 0 bridgehead atoms. The lowest BCUT2D eigenvalue weighted by molar-refractivity contribution is 0.0683. The highest BCUT2D eigenvalue weighted by Crippen LogP contribution is 2.29. The Morgan fingerprint density at radius 3 is 2.57 bits per heavy atom. The maximum absolute atomic E-state index is 13.3. The average molecular weight is 397 g/mol. The summed E-state index contributed by atoms with van der Waals surface area (Å²) >= 11 is 1.27. The van der Waals surface area contributed by atoms with E-state index >= 15 is 0 Å². The van der Waals surface area contributed by atoms with E-state index < -0.39 is 0 Å². The molecular weight excluding hydrogens is 372 g/mol. The van der Waals surface area contributed by atoms with Crippen LogP contribution in [0.2, 0.25) is 0 Å². The molecular formula is C21H24N4O2S. The number of anilines is 1. The van der Waals surface area contributed by atoms with Crippen LogP contribution >= 0.6 is 11.3 Å². The number of hydrogen-bond acceptors (Lipinski definition) is 5. The molecule has 1 aliphatic heterocycles. The number of benzene rings is 1. The van der Waals surface area contributed by atoms with E-state index in [1.807, 2.05) is 36.1 Å². The quantitative estimate of drug-likeness (QED) is 0.733. The molecule has 4 rings (SSSR count). The monoisotopic (exact) mass is 396 g/mol. The maximum atomic E-state index is 13.3. The third kappa shape index (κ3) is 3.20. The van der Waals surface area contributed by atoms with Crippen molar-refractivity contribution in [2.45, 2.75) is 33.1 Å². The smallest absolute Gasteiger partial charge is 0.282 e. The number of thiophene rings is 1. The number of hydrogen-bond donors (Lipinski definition) is 1. The molecule has 1 amide bonds. The first-order valence-electron chi connectivity index (χ1n) is 9.66. The van der Waals surface area contributed by atoms with Crippen molar-refractivity contribution in [2.24, 2.45) is 5.92 Å². The third-order valence-electron chi connectivity index (χ3n) is 5.64. The van der Waals surface area contributed by atoms with Crippen LogP contribution in [0.15, 0.2) is 34.4 Å². The van der Waals surface area contributed by atoms with Gasteiger partial charge < -0.3 is 10.6 Å². The number of amides is 1. The van der Waals surface area contributed by atoms with Crippen molar-refractivity contribution in [1.29, 1.82) is 0 Å². The Labute approximate surface area is 167 Å². The first kappa shape index (κ1) is 18.7. The van der Waals surface area contributed by atoms with Crippen LogP contribution in [0.1, 0.15) is 42.2 Å². The third-order valence-corrected chi connectivity index (χ3v) is 6.45. The van der Waals surface area contributed by atoms with Gasteiger partial charge in [0.2, 0.25) is 0 Å². The lowest BCUT2D eigenvalue weighted by atomic mass is 9.94. The molecule has 0 saturated carbocycles. The van der Waals surface area contributed by atoms with Gasteiger partial charge in [-0.3, -0.25) is 9.59 Å². The molecule has 0 radical (unpaired) electrons. The molecule has 2 aromatic heterocycles. The Kier molecular flexibility index (Phi) is 4.93. The highest BCUT2D eigenvalue weighted by atomic mass is 32.1. The van der Waals surface area contributed by atoms with Crippen LogP contribution in [-0.2, 0) is 0 Å². The van der Waals surface area contributed by atoms with E-state index in [1.165, 1.54) is 16.0 Å². The van der Waals surface area contributed by atoms with E-state index in [1.54, 1.807) is 5.38 Å². The molecule has 0 atom stereocenters. The van der Waals surface area contributed by atoms with Crippen LogP contribution in [0.3, 0.4) is 0 Å². The Morgan fingerprint density at radius 1 is 1.25 bits per heavy atom. The second-order valence-corrected chi connectivity index (χ2v) is 8.34. The molecule has 0 aliphatic carbocycles. The van der Waals surface area contributed by atoms with E-state index in [0.29, 0.717) is 33.1 Å². The molecule has 1 aromatic carbocycles. The van der Waals surface area contributed by atoms with Gasteiger partial charge in [0.25, 0.3) is 11.5 Å². The van der Waals surface area contributed by atoms with E-state index in [9.17, 15) is 9.59 Å². The second-order valence-electron chi connectivity index (χ2n) is 7.43.